The van der Waals surface area contributed by atoms with Gasteiger partial charge < -0.3 is 25.2 Å². The molecule has 8 nitrogen and oxygen atoms in total. The quantitative estimate of drug-likeness (QED) is 0.175. The van der Waals surface area contributed by atoms with Crippen LogP contribution in [0.4, 0.5) is 0 Å². The van der Waals surface area contributed by atoms with E-state index in [4.69, 9.17) is 15.2 Å². The Hall–Kier alpha value is -3.80. The first-order chi connectivity index (χ1) is 40.1. The number of hydrogen-bond acceptors (Lipinski definition) is 8. The Morgan fingerprint density at radius 1 is 0.817 bits per heavy atom. The van der Waals surface area contributed by atoms with Crippen molar-refractivity contribution < 1.29 is 24.2 Å². The molecule has 7 spiro atoms. The number of rotatable bonds is 4. The smallest absolute Gasteiger partial charge is 0.339 e. The van der Waals surface area contributed by atoms with Crippen molar-refractivity contribution in [1.29, 1.82) is 0 Å². The fourth-order valence-corrected chi connectivity index (χ4v) is 29.5. The summed E-state index contributed by atoms with van der Waals surface area (Å²) in [6.07, 6.45) is 37.7. The summed E-state index contributed by atoms with van der Waals surface area (Å²) in [5, 5.41) is 14.5. The predicted octanol–water partition coefficient (Wildman–Crippen LogP) is 13.9. The number of nitrogens with two attached hydrogens (primary N) is 1. The summed E-state index contributed by atoms with van der Waals surface area (Å²) in [5.41, 5.74) is 14.9. The SMILES string of the molecule is C[C@H]1CC2=C3[C@H]4C5=C6[C@@H]7C[C@@]41CCC7=C[C@@H](C1CCCC1)C[C@H]1[C@]64C(=O)O/C(=C(/O)C[C@@H]6[C@@H]7CC8(CCCC8)[C@@]8(CCC[C@@]89CCC[C@H]9C#CC[C@@H]8[C@H]9CN3[C@@H]3[C@@H](CC[C@H]9[C@@H]3CN68)C2)C7)[C@@]4(CC5)[C@]12OC(=O)c1c(CCCN)cccc12. The molecule has 82 heavy (non-hydrogen) atoms. The number of aliphatic hydroxyl groups excluding tert-OH is 1. The van der Waals surface area contributed by atoms with Crippen molar-refractivity contribution in [3.8, 4) is 11.8 Å². The van der Waals surface area contributed by atoms with Gasteiger partial charge in [0, 0.05) is 79.0 Å². The van der Waals surface area contributed by atoms with Crippen LogP contribution in [0.2, 0.25) is 0 Å². The summed E-state index contributed by atoms with van der Waals surface area (Å²) < 4.78 is 15.1. The van der Waals surface area contributed by atoms with E-state index in [1.165, 1.54) is 140 Å². The lowest BCUT2D eigenvalue weighted by Gasteiger charge is -2.75. The average molecular weight is 1100 g/mol. The van der Waals surface area contributed by atoms with E-state index in [1.54, 1.807) is 22.4 Å². The second kappa shape index (κ2) is 16.2. The highest BCUT2D eigenvalue weighted by atomic mass is 16.6. The van der Waals surface area contributed by atoms with Gasteiger partial charge in [-0.2, -0.15) is 0 Å². The van der Waals surface area contributed by atoms with Crippen LogP contribution in [0.1, 0.15) is 215 Å². The highest BCUT2D eigenvalue weighted by molar-refractivity contribution is 6.00. The minimum atomic E-state index is -1.16. The molecule has 7 aliphatic heterocycles. The van der Waals surface area contributed by atoms with Crippen LogP contribution in [0, 0.1) is 115 Å². The topological polar surface area (TPSA) is 105 Å². The molecule has 13 bridgehead atoms. The molecule has 0 radical (unpaired) electrons. The van der Waals surface area contributed by atoms with Crippen LogP contribution in [-0.2, 0) is 26.3 Å². The van der Waals surface area contributed by atoms with Crippen LogP contribution in [0.25, 0.3) is 0 Å². The third kappa shape index (κ3) is 5.26. The number of esters is 2. The number of allylic oxidation sites excluding steroid dienone is 4. The lowest BCUT2D eigenvalue weighted by Crippen LogP contribution is -2.78. The largest absolute Gasteiger partial charge is 0.509 e. The molecule has 0 unspecified atom stereocenters. The number of aliphatic hydroxyl groups is 1. The zero-order valence-corrected chi connectivity index (χ0v) is 49.4. The molecule has 11 fully saturated rings. The number of carbonyl (C=O) groups excluding carboxylic acids is 2. The van der Waals surface area contributed by atoms with E-state index in [0.29, 0.717) is 113 Å². The molecule has 7 heterocycles. The number of ether oxygens (including phenoxy) is 2. The maximum absolute atomic E-state index is 17.1. The van der Waals surface area contributed by atoms with E-state index >= 15 is 9.59 Å². The van der Waals surface area contributed by atoms with Crippen LogP contribution in [-0.4, -0.2) is 64.6 Å². The highest BCUT2D eigenvalue weighted by Crippen LogP contribution is 2.90. The van der Waals surface area contributed by atoms with Crippen LogP contribution in [0.15, 0.2) is 63.8 Å². The van der Waals surface area contributed by atoms with Crippen molar-refractivity contribution in [3.63, 3.8) is 0 Å². The summed E-state index contributed by atoms with van der Waals surface area (Å²) in [5.74, 6) is 14.0. The Morgan fingerprint density at radius 2 is 1.70 bits per heavy atom. The monoisotopic (exact) mass is 1100 g/mol. The minimum absolute atomic E-state index is 0.111. The number of fused-ring (bicyclic) bond motifs is 7. The van der Waals surface area contributed by atoms with E-state index in [9.17, 15) is 5.11 Å². The van der Waals surface area contributed by atoms with Crippen molar-refractivity contribution in [1.82, 2.24) is 9.80 Å². The van der Waals surface area contributed by atoms with Gasteiger partial charge in [-0.1, -0.05) is 86.8 Å². The van der Waals surface area contributed by atoms with Gasteiger partial charge >= 0.3 is 11.9 Å². The molecule has 20 rings (SSSR count). The van der Waals surface area contributed by atoms with E-state index in [-0.39, 0.29) is 52.5 Å². The zero-order chi connectivity index (χ0) is 54.2. The summed E-state index contributed by atoms with van der Waals surface area (Å²) in [6, 6.07) is 7.54. The van der Waals surface area contributed by atoms with Crippen molar-refractivity contribution >= 4 is 11.9 Å². The first-order valence-electron chi connectivity index (χ1n) is 34.9. The first-order valence-corrected chi connectivity index (χ1v) is 34.9. The molecular formula is C74H91N3O5. The van der Waals surface area contributed by atoms with Crippen molar-refractivity contribution in [2.24, 2.45) is 109 Å². The van der Waals surface area contributed by atoms with Crippen LogP contribution in [0.5, 0.6) is 0 Å². The van der Waals surface area contributed by atoms with Gasteiger partial charge in [0.15, 0.2) is 11.4 Å². The number of aryl methyl sites for hydroxylation is 1. The fourth-order valence-electron chi connectivity index (χ4n) is 29.5. The lowest BCUT2D eigenvalue weighted by atomic mass is 9.26. The van der Waals surface area contributed by atoms with E-state index in [1.807, 2.05) is 0 Å². The van der Waals surface area contributed by atoms with Crippen molar-refractivity contribution in [2.75, 3.05) is 19.6 Å². The number of piperidine rings is 2. The summed E-state index contributed by atoms with van der Waals surface area (Å²) in [7, 11) is 0. The highest BCUT2D eigenvalue weighted by Gasteiger charge is 2.94. The third-order valence-corrected chi connectivity index (χ3v) is 31.6. The summed E-state index contributed by atoms with van der Waals surface area (Å²) in [4.78, 5) is 39.0. The van der Waals surface area contributed by atoms with Gasteiger partial charge in [-0.05, 0) is 234 Å². The standard InChI is InChI=1S/C74H91N3O5/c1-41-31-47-33-45-19-20-50-53-39-77-63(45)54(50)40-76-56(53)18-7-15-49-16-8-25-70(49)26-10-27-71(70)37-48(36-68(71)23-4-5-24-68)57(76)35-58(78)65-72-29-22-51-61-52-38-69(41,62(51)64(47)77)28-21-44(52)32-46(42-11-2-3-12-42)34-59(73(61,72)67(80)81-65)74(72)55-17-6-13-43(14-9-30-75)60(55)66(79)82-74/h6,13,17,32,41-42,45-46,48-50,52-54,56-57,59,62-63,78H,2-5,8-12,14,16,18-31,33-40,75H2,1H3/b44-32?,65-58+/t41-,45-,46+,48+,49+,50+,52+,53-,54-,56+,57+,59-,62+,63+,69+,70+,71+,72+,73+,74+/m0/s1. The molecule has 3 saturated heterocycles. The lowest BCUT2D eigenvalue weighted by molar-refractivity contribution is -0.284. The van der Waals surface area contributed by atoms with Gasteiger partial charge in [-0.25, -0.2) is 4.79 Å². The Labute approximate surface area is 488 Å². The van der Waals surface area contributed by atoms with Gasteiger partial charge in [0.1, 0.15) is 11.2 Å². The molecule has 8 heteroatoms. The van der Waals surface area contributed by atoms with Gasteiger partial charge in [-0.3, -0.25) is 9.69 Å². The molecule has 1 aromatic rings. The molecular weight excluding hydrogens is 1010 g/mol. The predicted molar refractivity (Wildman–Crippen MR) is 313 cm³/mol. The molecule has 19 aliphatic rings. The molecule has 0 aromatic heterocycles. The Balaban J connectivity index is 0.882. The van der Waals surface area contributed by atoms with E-state index in [2.05, 4.69) is 52.8 Å². The number of nitrogens with zero attached hydrogens (tertiary/aromatic N) is 2. The molecule has 1 aromatic carbocycles. The second-order valence-electron chi connectivity index (χ2n) is 32.9. The van der Waals surface area contributed by atoms with Crippen LogP contribution < -0.4 is 5.73 Å². The van der Waals surface area contributed by atoms with Crippen molar-refractivity contribution in [2.45, 2.75) is 223 Å². The third-order valence-electron chi connectivity index (χ3n) is 31.6. The van der Waals surface area contributed by atoms with Gasteiger partial charge in [-0.15, -0.1) is 5.92 Å². The molecule has 3 N–H and O–H groups in total. The van der Waals surface area contributed by atoms with E-state index < -0.39 is 16.4 Å². The Morgan fingerprint density at radius 3 is 2.57 bits per heavy atom. The molecule has 0 amide bonds. The molecule has 8 saturated carbocycles. The molecule has 20 atom stereocenters. The van der Waals surface area contributed by atoms with Crippen molar-refractivity contribution in [3.05, 3.63) is 80.5 Å². The maximum atomic E-state index is 17.1. The number of benzene rings is 1. The number of carbonyl (C=O) groups is 2. The van der Waals surface area contributed by atoms with Crippen LogP contribution in [0.3, 0.4) is 0 Å². The van der Waals surface area contributed by atoms with E-state index in [0.717, 1.165) is 62.7 Å². The summed E-state index contributed by atoms with van der Waals surface area (Å²) >= 11 is 0. The minimum Gasteiger partial charge on any atom is -0.509 e. The summed E-state index contributed by atoms with van der Waals surface area (Å²) in [6.45, 7) is 5.48. The Bertz CT molecular complexity index is 3280. The van der Waals surface area contributed by atoms with Gasteiger partial charge in [0.25, 0.3) is 0 Å². The number of hydrogen-bond donors (Lipinski definition) is 2. The second-order valence-corrected chi connectivity index (χ2v) is 32.9. The Kier molecular flexibility index (Phi) is 9.76. The zero-order valence-electron chi connectivity index (χ0n) is 49.4. The first kappa shape index (κ1) is 49.3. The molecule has 12 aliphatic carbocycles. The maximum Gasteiger partial charge on any atom is 0.339 e. The van der Waals surface area contributed by atoms with Crippen LogP contribution >= 0.6 is 0 Å². The van der Waals surface area contributed by atoms with Gasteiger partial charge in [0.05, 0.1) is 11.0 Å². The fraction of sp³-hybridized carbons (Fsp3) is 0.757. The normalized spacial score (nSPS) is 51.3. The van der Waals surface area contributed by atoms with Gasteiger partial charge in [0.2, 0.25) is 0 Å². The molecule has 432 valence electrons. The average Bonchev–Trinajstić information content (AvgIpc) is 1.30.